The lowest BCUT2D eigenvalue weighted by atomic mass is 10.1. The Kier molecular flexibility index (Phi) is 4.11. The quantitative estimate of drug-likeness (QED) is 0.650. The highest BCUT2D eigenvalue weighted by Crippen LogP contribution is 2.31. The second-order valence-electron chi connectivity index (χ2n) is 5.46. The Morgan fingerprint density at radius 2 is 2.11 bits per heavy atom. The zero-order valence-electron chi connectivity index (χ0n) is 11.8. The van der Waals surface area contributed by atoms with Crippen LogP contribution < -0.4 is 5.73 Å². The molecule has 4 heteroatoms. The zero-order chi connectivity index (χ0) is 14.0. The van der Waals surface area contributed by atoms with E-state index in [9.17, 15) is 5.11 Å². The zero-order valence-corrected chi connectivity index (χ0v) is 12.6. The van der Waals surface area contributed by atoms with Gasteiger partial charge in [0, 0.05) is 28.7 Å². The first kappa shape index (κ1) is 14.3. The van der Waals surface area contributed by atoms with Crippen molar-refractivity contribution in [3.05, 3.63) is 24.4 Å². The largest absolute Gasteiger partial charge is 0.399 e. The summed E-state index contributed by atoms with van der Waals surface area (Å²) in [5, 5.41) is 11.1. The average Bonchev–Trinajstić information content (AvgIpc) is 2.69. The van der Waals surface area contributed by atoms with Crippen LogP contribution >= 0.6 is 11.8 Å². The smallest absolute Gasteiger partial charge is 0.0608 e. The van der Waals surface area contributed by atoms with E-state index >= 15 is 0 Å². The molecule has 0 aliphatic heterocycles. The minimum absolute atomic E-state index is 0.641. The van der Waals surface area contributed by atoms with Gasteiger partial charge in [-0.3, -0.25) is 0 Å². The molecule has 0 radical (unpaired) electrons. The van der Waals surface area contributed by atoms with Crippen molar-refractivity contribution in [1.82, 2.24) is 4.57 Å². The normalized spacial score (nSPS) is 12.2. The van der Waals surface area contributed by atoms with E-state index in [1.165, 1.54) is 10.3 Å². The van der Waals surface area contributed by atoms with Crippen LogP contribution in [0.2, 0.25) is 0 Å². The van der Waals surface area contributed by atoms with E-state index in [0.29, 0.717) is 0 Å². The van der Waals surface area contributed by atoms with Crippen molar-refractivity contribution in [1.29, 1.82) is 0 Å². The van der Waals surface area contributed by atoms with Crippen molar-refractivity contribution in [2.24, 2.45) is 0 Å². The van der Waals surface area contributed by atoms with E-state index in [1.54, 1.807) is 0 Å². The number of nitrogens with two attached hydrogens (primary N) is 1. The van der Waals surface area contributed by atoms with Crippen LogP contribution in [0.25, 0.3) is 10.9 Å². The summed E-state index contributed by atoms with van der Waals surface area (Å²) < 4.78 is 2.17. The molecule has 2 rings (SSSR count). The third-order valence-electron chi connectivity index (χ3n) is 3.14. The summed E-state index contributed by atoms with van der Waals surface area (Å²) in [7, 11) is 0. The Hall–Kier alpha value is -1.13. The summed E-state index contributed by atoms with van der Waals surface area (Å²) in [6.07, 6.45) is 2.80. The van der Waals surface area contributed by atoms with Gasteiger partial charge in [0.05, 0.1) is 11.1 Å². The number of nitrogens with zero attached hydrogens (tertiary/aromatic N) is 1. The molecule has 0 bridgehead atoms. The summed E-state index contributed by atoms with van der Waals surface area (Å²) in [5.74, 6) is 1.04. The molecule has 0 spiro atoms. The van der Waals surface area contributed by atoms with Crippen LogP contribution in [0.1, 0.15) is 27.2 Å². The number of rotatable bonds is 5. The molecule has 3 nitrogen and oxygen atoms in total. The third-order valence-corrected chi connectivity index (χ3v) is 4.07. The number of aliphatic hydroxyl groups is 1. The van der Waals surface area contributed by atoms with Gasteiger partial charge in [0.25, 0.3) is 0 Å². The number of fused-ring (bicyclic) bond motifs is 1. The summed E-state index contributed by atoms with van der Waals surface area (Å²) in [4.78, 5) is 1.24. The van der Waals surface area contributed by atoms with Gasteiger partial charge < -0.3 is 15.4 Å². The van der Waals surface area contributed by atoms with Crippen LogP contribution in [0.4, 0.5) is 5.69 Å². The lowest BCUT2D eigenvalue weighted by Crippen LogP contribution is -2.20. The van der Waals surface area contributed by atoms with Gasteiger partial charge in [0.15, 0.2) is 0 Å². The van der Waals surface area contributed by atoms with Crippen LogP contribution in [0.5, 0.6) is 0 Å². The molecule has 0 atom stereocenters. The lowest BCUT2D eigenvalue weighted by Gasteiger charge is -2.17. The molecule has 1 aromatic carbocycles. The van der Waals surface area contributed by atoms with Crippen LogP contribution in [-0.4, -0.2) is 21.0 Å². The SMILES string of the molecule is CCSc1cc(N)cc2c1ccn2CCC(C)(C)O. The Morgan fingerprint density at radius 1 is 1.37 bits per heavy atom. The summed E-state index contributed by atoms with van der Waals surface area (Å²) in [6.45, 7) is 6.62. The molecule has 3 N–H and O–H groups in total. The van der Waals surface area contributed by atoms with Crippen molar-refractivity contribution < 1.29 is 5.11 Å². The molecule has 0 aliphatic carbocycles. The summed E-state index contributed by atoms with van der Waals surface area (Å²) in [6, 6.07) is 6.19. The molecule has 0 amide bonds. The van der Waals surface area contributed by atoms with E-state index in [0.717, 1.165) is 29.9 Å². The molecule has 0 aliphatic rings. The minimum Gasteiger partial charge on any atom is -0.399 e. The number of hydrogen-bond donors (Lipinski definition) is 2. The van der Waals surface area contributed by atoms with Crippen molar-refractivity contribution in [3.63, 3.8) is 0 Å². The maximum atomic E-state index is 9.84. The topological polar surface area (TPSA) is 51.2 Å². The second kappa shape index (κ2) is 5.47. The summed E-state index contributed by atoms with van der Waals surface area (Å²) in [5.41, 5.74) is 7.30. The molecule has 19 heavy (non-hydrogen) atoms. The van der Waals surface area contributed by atoms with Gasteiger partial charge in [-0.25, -0.2) is 0 Å². The van der Waals surface area contributed by atoms with Gasteiger partial charge in [-0.15, -0.1) is 11.8 Å². The Balaban J connectivity index is 2.36. The number of hydrogen-bond acceptors (Lipinski definition) is 3. The molecule has 1 heterocycles. The second-order valence-corrected chi connectivity index (χ2v) is 6.76. The molecular weight excluding hydrogens is 256 g/mol. The van der Waals surface area contributed by atoms with Gasteiger partial charge in [-0.1, -0.05) is 6.92 Å². The minimum atomic E-state index is -0.641. The van der Waals surface area contributed by atoms with Crippen molar-refractivity contribution in [2.45, 2.75) is 44.2 Å². The standard InChI is InChI=1S/C15H22N2OS/c1-4-19-14-10-11(16)9-13-12(14)5-7-17(13)8-6-15(2,3)18/h5,7,9-10,18H,4,6,8,16H2,1-3H3. The predicted molar refractivity (Wildman–Crippen MR) is 83.7 cm³/mol. The fraction of sp³-hybridized carbons (Fsp3) is 0.467. The fourth-order valence-electron chi connectivity index (χ4n) is 2.15. The molecule has 0 saturated carbocycles. The number of benzene rings is 1. The Labute approximate surface area is 118 Å². The maximum Gasteiger partial charge on any atom is 0.0608 e. The van der Waals surface area contributed by atoms with Gasteiger partial charge in [-0.05, 0) is 44.2 Å². The van der Waals surface area contributed by atoms with E-state index < -0.39 is 5.60 Å². The van der Waals surface area contributed by atoms with Gasteiger partial charge in [0.2, 0.25) is 0 Å². The van der Waals surface area contributed by atoms with Gasteiger partial charge in [-0.2, -0.15) is 0 Å². The molecule has 0 saturated heterocycles. The molecule has 1 aromatic heterocycles. The predicted octanol–water partition coefficient (Wildman–Crippen LogP) is 3.50. The third kappa shape index (κ3) is 3.45. The van der Waals surface area contributed by atoms with Gasteiger partial charge >= 0.3 is 0 Å². The van der Waals surface area contributed by atoms with Crippen LogP contribution in [0.15, 0.2) is 29.3 Å². The molecule has 0 unspecified atom stereocenters. The number of aryl methyl sites for hydroxylation is 1. The average molecular weight is 278 g/mol. The van der Waals surface area contributed by atoms with Crippen LogP contribution in [0.3, 0.4) is 0 Å². The van der Waals surface area contributed by atoms with Crippen LogP contribution in [-0.2, 0) is 6.54 Å². The van der Waals surface area contributed by atoms with E-state index in [2.05, 4.69) is 23.8 Å². The number of nitrogen functional groups attached to an aromatic ring is 1. The first-order chi connectivity index (χ1) is 8.90. The highest BCUT2D eigenvalue weighted by atomic mass is 32.2. The number of thioether (sulfide) groups is 1. The van der Waals surface area contributed by atoms with Crippen molar-refractivity contribution in [3.8, 4) is 0 Å². The maximum absolute atomic E-state index is 9.84. The van der Waals surface area contributed by atoms with E-state index in [4.69, 9.17) is 5.73 Å². The van der Waals surface area contributed by atoms with Gasteiger partial charge in [0.1, 0.15) is 0 Å². The molecule has 104 valence electrons. The highest BCUT2D eigenvalue weighted by Gasteiger charge is 2.14. The molecule has 0 fully saturated rings. The van der Waals surface area contributed by atoms with Crippen molar-refractivity contribution in [2.75, 3.05) is 11.5 Å². The van der Waals surface area contributed by atoms with Crippen molar-refractivity contribution >= 4 is 28.4 Å². The monoisotopic (exact) mass is 278 g/mol. The molecule has 2 aromatic rings. The van der Waals surface area contributed by atoms with Crippen LogP contribution in [0, 0.1) is 0 Å². The number of anilines is 1. The number of aromatic nitrogens is 1. The first-order valence-electron chi connectivity index (χ1n) is 6.64. The first-order valence-corrected chi connectivity index (χ1v) is 7.63. The van der Waals surface area contributed by atoms with E-state index in [-0.39, 0.29) is 0 Å². The molecular formula is C15H22N2OS. The Morgan fingerprint density at radius 3 is 2.74 bits per heavy atom. The summed E-state index contributed by atoms with van der Waals surface area (Å²) >= 11 is 1.81. The Bertz CT molecular complexity index is 569. The highest BCUT2D eigenvalue weighted by molar-refractivity contribution is 7.99. The fourth-order valence-corrected chi connectivity index (χ4v) is 3.01. The van der Waals surface area contributed by atoms with E-state index in [1.807, 2.05) is 37.7 Å². The lowest BCUT2D eigenvalue weighted by molar-refractivity contribution is 0.0666.